The molecule has 3 N–H and O–H groups in total. The monoisotopic (exact) mass is 553 g/mol. The van der Waals surface area contributed by atoms with Gasteiger partial charge < -0.3 is 4.90 Å². The summed E-state index contributed by atoms with van der Waals surface area (Å²) in [6.07, 6.45) is 3.15. The second-order valence-electron chi connectivity index (χ2n) is 9.51. The van der Waals surface area contributed by atoms with E-state index in [2.05, 4.69) is 35.9 Å². The molecular weight excluding hydrogens is 526 g/mol. The summed E-state index contributed by atoms with van der Waals surface area (Å²) >= 11 is 1.47. The van der Waals surface area contributed by atoms with Gasteiger partial charge in [-0.2, -0.15) is 5.10 Å². The standard InChI is InChI=1S/C28H27N9O2S/c1-36(25-16-29-20-9-5-6-10-21(20)30-25)35-26(38)23-17-40-27(31-23)19-11-13-37(14-12-19)28(39)32-24-15-22(33-34-24)18-7-3-2-4-8-18/h2-10,15-17,19H,11-14H2,1H3,(H,35,38)(H2,32,33,34,39). The van der Waals surface area contributed by atoms with Gasteiger partial charge in [-0.15, -0.1) is 11.3 Å². The van der Waals surface area contributed by atoms with E-state index in [1.54, 1.807) is 28.5 Å². The lowest BCUT2D eigenvalue weighted by molar-refractivity contribution is 0.0946. The molecule has 0 aliphatic carbocycles. The molecule has 1 fully saturated rings. The van der Waals surface area contributed by atoms with Gasteiger partial charge in [0.25, 0.3) is 5.91 Å². The molecule has 1 aliphatic heterocycles. The van der Waals surface area contributed by atoms with Crippen LogP contribution in [0.5, 0.6) is 0 Å². The van der Waals surface area contributed by atoms with Crippen molar-refractivity contribution in [1.82, 2.24) is 35.5 Å². The number of carbonyl (C=O) groups is 2. The van der Waals surface area contributed by atoms with E-state index in [0.29, 0.717) is 30.4 Å². The summed E-state index contributed by atoms with van der Waals surface area (Å²) in [4.78, 5) is 41.0. The molecule has 11 nitrogen and oxygen atoms in total. The number of nitrogens with zero attached hydrogens (tertiary/aromatic N) is 6. The molecule has 3 amide bonds. The Labute approximate surface area is 234 Å². The Morgan fingerprint density at radius 1 is 1.02 bits per heavy atom. The third-order valence-electron chi connectivity index (χ3n) is 6.83. The van der Waals surface area contributed by atoms with E-state index in [1.165, 1.54) is 11.3 Å². The van der Waals surface area contributed by atoms with E-state index in [0.717, 1.165) is 40.1 Å². The van der Waals surface area contributed by atoms with Crippen molar-refractivity contribution in [2.45, 2.75) is 18.8 Å². The van der Waals surface area contributed by atoms with E-state index in [1.807, 2.05) is 60.7 Å². The lowest BCUT2D eigenvalue weighted by Gasteiger charge is -2.30. The molecule has 1 saturated heterocycles. The van der Waals surface area contributed by atoms with Crippen molar-refractivity contribution in [3.63, 3.8) is 0 Å². The van der Waals surface area contributed by atoms with Crippen LogP contribution in [0.1, 0.15) is 34.3 Å². The minimum atomic E-state index is -0.314. The number of carbonyl (C=O) groups excluding carboxylic acids is 2. The number of hydrogen-bond acceptors (Lipinski definition) is 8. The molecule has 12 heteroatoms. The number of nitrogens with one attached hydrogen (secondary N) is 3. The summed E-state index contributed by atoms with van der Waals surface area (Å²) in [5.41, 5.74) is 6.55. The first-order valence-corrected chi connectivity index (χ1v) is 13.8. The fourth-order valence-corrected chi connectivity index (χ4v) is 5.60. The first-order valence-electron chi connectivity index (χ1n) is 12.9. The molecule has 4 heterocycles. The zero-order chi connectivity index (χ0) is 27.5. The van der Waals surface area contributed by atoms with Gasteiger partial charge in [-0.25, -0.2) is 14.8 Å². The number of para-hydroxylation sites is 2. The summed E-state index contributed by atoms with van der Waals surface area (Å²) in [6.45, 7) is 1.19. The van der Waals surface area contributed by atoms with Crippen LogP contribution in [0.2, 0.25) is 0 Å². The second-order valence-corrected chi connectivity index (χ2v) is 10.4. The molecule has 5 aromatic rings. The van der Waals surface area contributed by atoms with Crippen LogP contribution in [0, 0.1) is 0 Å². The van der Waals surface area contributed by atoms with Gasteiger partial charge in [-0.1, -0.05) is 42.5 Å². The van der Waals surface area contributed by atoms with Crippen molar-refractivity contribution in [2.75, 3.05) is 30.5 Å². The Balaban J connectivity index is 1.01. The van der Waals surface area contributed by atoms with Crippen molar-refractivity contribution >= 4 is 45.9 Å². The van der Waals surface area contributed by atoms with Crippen LogP contribution in [0.15, 0.2) is 72.2 Å². The first kappa shape index (κ1) is 25.4. The van der Waals surface area contributed by atoms with Gasteiger partial charge >= 0.3 is 6.03 Å². The fourth-order valence-electron chi connectivity index (χ4n) is 4.62. The molecule has 6 rings (SSSR count). The van der Waals surface area contributed by atoms with Crippen LogP contribution < -0.4 is 15.8 Å². The van der Waals surface area contributed by atoms with E-state index in [-0.39, 0.29) is 17.9 Å². The molecular formula is C28H27N9O2S. The molecule has 0 saturated carbocycles. The van der Waals surface area contributed by atoms with Gasteiger partial charge in [-0.05, 0) is 30.5 Å². The molecule has 0 unspecified atom stereocenters. The highest BCUT2D eigenvalue weighted by molar-refractivity contribution is 7.09. The molecule has 0 atom stereocenters. The van der Waals surface area contributed by atoms with E-state index in [9.17, 15) is 9.59 Å². The minimum Gasteiger partial charge on any atom is -0.324 e. The fraction of sp³-hybridized carbons (Fsp3) is 0.214. The van der Waals surface area contributed by atoms with Gasteiger partial charge in [-0.3, -0.25) is 30.6 Å². The lowest BCUT2D eigenvalue weighted by Crippen LogP contribution is -2.41. The average Bonchev–Trinajstić information content (AvgIpc) is 3.68. The number of thiazole rings is 1. The summed E-state index contributed by atoms with van der Waals surface area (Å²) in [5, 5.41) is 14.3. The Morgan fingerprint density at radius 2 is 1.77 bits per heavy atom. The maximum absolute atomic E-state index is 12.9. The van der Waals surface area contributed by atoms with Gasteiger partial charge in [0.1, 0.15) is 5.69 Å². The number of urea groups is 1. The number of fused-ring (bicyclic) bond motifs is 1. The Kier molecular flexibility index (Phi) is 7.06. The highest BCUT2D eigenvalue weighted by atomic mass is 32.1. The van der Waals surface area contributed by atoms with E-state index < -0.39 is 0 Å². The number of likely N-dealkylation sites (tertiary alicyclic amines) is 1. The van der Waals surface area contributed by atoms with Crippen LogP contribution in [-0.4, -0.2) is 62.1 Å². The SMILES string of the molecule is CN(NC(=O)c1csc(C2CCN(C(=O)Nc3cc(-c4ccccc4)[nH]n3)CC2)n1)c1cnc2ccccc2n1. The lowest BCUT2D eigenvalue weighted by atomic mass is 9.98. The van der Waals surface area contributed by atoms with Crippen molar-refractivity contribution in [2.24, 2.45) is 0 Å². The van der Waals surface area contributed by atoms with Gasteiger partial charge in [0.05, 0.1) is 27.9 Å². The van der Waals surface area contributed by atoms with Crippen molar-refractivity contribution in [1.29, 1.82) is 0 Å². The molecule has 40 heavy (non-hydrogen) atoms. The summed E-state index contributed by atoms with van der Waals surface area (Å²) in [5.74, 6) is 0.890. The normalized spacial score (nSPS) is 13.8. The average molecular weight is 554 g/mol. The topological polar surface area (TPSA) is 132 Å². The van der Waals surface area contributed by atoms with Crippen LogP contribution >= 0.6 is 11.3 Å². The maximum Gasteiger partial charge on any atom is 0.323 e. The predicted molar refractivity (Wildman–Crippen MR) is 154 cm³/mol. The second kappa shape index (κ2) is 11.1. The highest BCUT2D eigenvalue weighted by Gasteiger charge is 2.27. The quantitative estimate of drug-likeness (QED) is 0.260. The third-order valence-corrected chi connectivity index (χ3v) is 7.84. The number of hydrogen-bond donors (Lipinski definition) is 3. The molecule has 202 valence electrons. The number of amides is 3. The summed E-state index contributed by atoms with van der Waals surface area (Å²) in [6, 6.07) is 19.0. The van der Waals surface area contributed by atoms with Crippen molar-refractivity contribution < 1.29 is 9.59 Å². The Bertz CT molecular complexity index is 1640. The largest absolute Gasteiger partial charge is 0.324 e. The number of aromatic nitrogens is 5. The molecule has 3 aromatic heterocycles. The maximum atomic E-state index is 12.9. The van der Waals surface area contributed by atoms with Crippen molar-refractivity contribution in [3.05, 3.63) is 82.9 Å². The van der Waals surface area contributed by atoms with Crippen LogP contribution in [0.3, 0.4) is 0 Å². The van der Waals surface area contributed by atoms with E-state index in [4.69, 9.17) is 0 Å². The number of hydrazine groups is 1. The van der Waals surface area contributed by atoms with Gasteiger partial charge in [0, 0.05) is 37.5 Å². The Hall–Kier alpha value is -4.84. The highest BCUT2D eigenvalue weighted by Crippen LogP contribution is 2.31. The molecule has 1 aliphatic rings. The van der Waals surface area contributed by atoms with Crippen LogP contribution in [0.4, 0.5) is 16.4 Å². The first-order chi connectivity index (χ1) is 19.5. The third kappa shape index (κ3) is 5.47. The molecule has 2 aromatic carbocycles. The smallest absolute Gasteiger partial charge is 0.323 e. The Morgan fingerprint density at radius 3 is 2.58 bits per heavy atom. The number of anilines is 2. The van der Waals surface area contributed by atoms with Crippen LogP contribution in [0.25, 0.3) is 22.3 Å². The molecule has 0 bridgehead atoms. The minimum absolute atomic E-state index is 0.177. The van der Waals surface area contributed by atoms with Crippen molar-refractivity contribution in [3.8, 4) is 11.3 Å². The number of rotatable bonds is 6. The zero-order valence-corrected chi connectivity index (χ0v) is 22.6. The molecule has 0 radical (unpaired) electrons. The zero-order valence-electron chi connectivity index (χ0n) is 21.7. The van der Waals surface area contributed by atoms with E-state index >= 15 is 0 Å². The number of aromatic amines is 1. The van der Waals surface area contributed by atoms with Gasteiger partial charge in [0.2, 0.25) is 0 Å². The van der Waals surface area contributed by atoms with Crippen LogP contribution in [-0.2, 0) is 0 Å². The number of H-pyrrole nitrogens is 1. The molecule has 0 spiro atoms. The van der Waals surface area contributed by atoms with Gasteiger partial charge in [0.15, 0.2) is 11.6 Å². The summed E-state index contributed by atoms with van der Waals surface area (Å²) in [7, 11) is 1.72. The summed E-state index contributed by atoms with van der Waals surface area (Å²) < 4.78 is 0. The number of benzene rings is 2. The predicted octanol–water partition coefficient (Wildman–Crippen LogP) is 4.67. The number of piperidine rings is 1.